The van der Waals surface area contributed by atoms with Gasteiger partial charge in [-0.2, -0.15) is 0 Å². The molecule has 10 aromatic carbocycles. The minimum Gasteiger partial charge on any atom is -0.455 e. The molecule has 2 nitrogen and oxygen atoms in total. The second kappa shape index (κ2) is 13.2. The fraction of sp³-hybridized carbons (Fsp3) is 0. The molecule has 0 radical (unpaired) electrons. The molecule has 0 spiro atoms. The second-order valence-corrected chi connectivity index (χ2v) is 14.5. The van der Waals surface area contributed by atoms with Gasteiger partial charge in [-0.3, -0.25) is 0 Å². The molecule has 0 fully saturated rings. The molecule has 0 aliphatic rings. The maximum atomic E-state index is 6.78. The third-order valence-corrected chi connectivity index (χ3v) is 11.2. The van der Waals surface area contributed by atoms with Gasteiger partial charge in [0.2, 0.25) is 0 Å². The molecule has 0 aliphatic carbocycles. The van der Waals surface area contributed by atoms with Crippen molar-refractivity contribution in [3.63, 3.8) is 0 Å². The minimum atomic E-state index is 0.859. The number of hydrogen-bond acceptors (Lipinski definition) is 2. The molecule has 262 valence electrons. The zero-order valence-corrected chi connectivity index (χ0v) is 30.6. The first-order valence-corrected chi connectivity index (χ1v) is 19.2. The second-order valence-electron chi connectivity index (χ2n) is 14.5. The summed E-state index contributed by atoms with van der Waals surface area (Å²) in [5.41, 5.74) is 12.0. The number of hydrogen-bond donors (Lipinski definition) is 0. The number of rotatable bonds is 6. The highest BCUT2D eigenvalue weighted by Gasteiger charge is 2.23. The SMILES string of the molecule is c1ccc(-c2ccc(N(c3ccc4c(c3)oc3c5ccccc5ccc43)c3cccc(-c4cccc5ccccc45)c3-c3ccc4ccccc4c3)cc2)cc1. The predicted octanol–water partition coefficient (Wildman–Crippen LogP) is 15.5. The fourth-order valence-corrected chi connectivity index (χ4v) is 8.55. The highest BCUT2D eigenvalue weighted by atomic mass is 16.3. The Labute approximate surface area is 325 Å². The van der Waals surface area contributed by atoms with Crippen molar-refractivity contribution in [1.82, 2.24) is 0 Å². The third kappa shape index (κ3) is 5.34. The summed E-state index contributed by atoms with van der Waals surface area (Å²) >= 11 is 0. The monoisotopic (exact) mass is 713 g/mol. The Morgan fingerprint density at radius 1 is 0.321 bits per heavy atom. The zero-order chi connectivity index (χ0) is 37.0. The van der Waals surface area contributed by atoms with Gasteiger partial charge in [0.1, 0.15) is 11.2 Å². The Kier molecular flexibility index (Phi) is 7.53. The summed E-state index contributed by atoms with van der Waals surface area (Å²) in [7, 11) is 0. The molecule has 0 unspecified atom stereocenters. The summed E-state index contributed by atoms with van der Waals surface area (Å²) in [5, 5.41) is 9.39. The van der Waals surface area contributed by atoms with Gasteiger partial charge >= 0.3 is 0 Å². The summed E-state index contributed by atoms with van der Waals surface area (Å²) in [5.74, 6) is 0. The van der Waals surface area contributed by atoms with E-state index in [-0.39, 0.29) is 0 Å². The highest BCUT2D eigenvalue weighted by Crippen LogP contribution is 2.48. The van der Waals surface area contributed by atoms with E-state index in [1.165, 1.54) is 49.2 Å². The van der Waals surface area contributed by atoms with Crippen LogP contribution in [0.4, 0.5) is 17.1 Å². The largest absolute Gasteiger partial charge is 0.455 e. The molecule has 1 heterocycles. The van der Waals surface area contributed by atoms with Gasteiger partial charge < -0.3 is 9.32 Å². The maximum Gasteiger partial charge on any atom is 0.143 e. The lowest BCUT2D eigenvalue weighted by Crippen LogP contribution is -2.11. The van der Waals surface area contributed by atoms with Gasteiger partial charge in [0.05, 0.1) is 5.69 Å². The lowest BCUT2D eigenvalue weighted by Gasteiger charge is -2.29. The molecule has 0 N–H and O–H groups in total. The molecular formula is C54H35NO. The van der Waals surface area contributed by atoms with Gasteiger partial charge in [-0.25, -0.2) is 0 Å². The summed E-state index contributed by atoms with van der Waals surface area (Å²) in [6, 6.07) is 76.6. The summed E-state index contributed by atoms with van der Waals surface area (Å²) in [4.78, 5) is 2.40. The van der Waals surface area contributed by atoms with Crippen molar-refractivity contribution >= 4 is 71.3 Å². The van der Waals surface area contributed by atoms with Crippen LogP contribution in [0.2, 0.25) is 0 Å². The van der Waals surface area contributed by atoms with Crippen molar-refractivity contribution in [2.24, 2.45) is 0 Å². The molecule has 11 aromatic rings. The van der Waals surface area contributed by atoms with Crippen molar-refractivity contribution in [3.05, 3.63) is 212 Å². The van der Waals surface area contributed by atoms with Crippen LogP contribution in [0.15, 0.2) is 217 Å². The van der Waals surface area contributed by atoms with Crippen LogP contribution in [0.1, 0.15) is 0 Å². The standard InChI is InChI=1S/C54H35NO/c1-2-12-36(13-3-1)38-26-29-43(30-27-38)55(44-31-33-48-50-32-28-40-16-7-9-20-46(40)54(50)56-52(48)35-44)51-23-11-22-49(47-21-10-18-39-15-6-8-19-45(39)47)53(51)42-25-24-37-14-4-5-17-41(37)34-42/h1-35H. The number of fused-ring (bicyclic) bond motifs is 7. The average molecular weight is 714 g/mol. The van der Waals surface area contributed by atoms with Crippen LogP contribution in [-0.4, -0.2) is 0 Å². The normalized spacial score (nSPS) is 11.6. The lowest BCUT2D eigenvalue weighted by atomic mass is 9.89. The van der Waals surface area contributed by atoms with E-state index in [1.54, 1.807) is 0 Å². The molecule has 11 rings (SSSR count). The van der Waals surface area contributed by atoms with Crippen molar-refractivity contribution in [2.75, 3.05) is 4.90 Å². The van der Waals surface area contributed by atoms with Crippen LogP contribution in [0.3, 0.4) is 0 Å². The molecular weight excluding hydrogens is 679 g/mol. The smallest absolute Gasteiger partial charge is 0.143 e. The first kappa shape index (κ1) is 32.0. The number of furan rings is 1. The van der Waals surface area contributed by atoms with Gasteiger partial charge in [0.25, 0.3) is 0 Å². The topological polar surface area (TPSA) is 16.4 Å². The van der Waals surface area contributed by atoms with Crippen LogP contribution in [0.25, 0.3) is 87.6 Å². The zero-order valence-electron chi connectivity index (χ0n) is 30.6. The third-order valence-electron chi connectivity index (χ3n) is 11.2. The van der Waals surface area contributed by atoms with Crippen molar-refractivity contribution in [1.29, 1.82) is 0 Å². The maximum absolute atomic E-state index is 6.78. The van der Waals surface area contributed by atoms with E-state index in [9.17, 15) is 0 Å². The molecule has 0 saturated carbocycles. The van der Waals surface area contributed by atoms with E-state index < -0.39 is 0 Å². The number of anilines is 3. The van der Waals surface area contributed by atoms with E-state index in [4.69, 9.17) is 4.42 Å². The first-order valence-electron chi connectivity index (χ1n) is 19.2. The van der Waals surface area contributed by atoms with Gasteiger partial charge in [0, 0.05) is 39.2 Å². The molecule has 0 aliphatic heterocycles. The molecule has 0 bridgehead atoms. The van der Waals surface area contributed by atoms with E-state index in [0.29, 0.717) is 0 Å². The predicted molar refractivity (Wildman–Crippen MR) is 237 cm³/mol. The number of nitrogens with zero attached hydrogens (tertiary/aromatic N) is 1. The summed E-state index contributed by atoms with van der Waals surface area (Å²) in [6.07, 6.45) is 0. The van der Waals surface area contributed by atoms with Crippen LogP contribution in [0, 0.1) is 0 Å². The van der Waals surface area contributed by atoms with Crippen LogP contribution >= 0.6 is 0 Å². The molecule has 2 heteroatoms. The molecule has 0 atom stereocenters. The Morgan fingerprint density at radius 3 is 1.75 bits per heavy atom. The van der Waals surface area contributed by atoms with Gasteiger partial charge in [-0.1, -0.05) is 164 Å². The van der Waals surface area contributed by atoms with Crippen molar-refractivity contribution in [3.8, 4) is 33.4 Å². The highest BCUT2D eigenvalue weighted by molar-refractivity contribution is 6.15. The average Bonchev–Trinajstić information content (AvgIpc) is 3.65. The Morgan fingerprint density at radius 2 is 0.911 bits per heavy atom. The Bertz CT molecular complexity index is 3240. The van der Waals surface area contributed by atoms with E-state index in [0.717, 1.165) is 55.5 Å². The van der Waals surface area contributed by atoms with Gasteiger partial charge in [-0.15, -0.1) is 0 Å². The Balaban J connectivity index is 1.19. The van der Waals surface area contributed by atoms with E-state index >= 15 is 0 Å². The molecule has 1 aromatic heterocycles. The lowest BCUT2D eigenvalue weighted by molar-refractivity contribution is 0.672. The fourth-order valence-electron chi connectivity index (χ4n) is 8.55. The van der Waals surface area contributed by atoms with Crippen molar-refractivity contribution < 1.29 is 4.42 Å². The van der Waals surface area contributed by atoms with Crippen molar-refractivity contribution in [2.45, 2.75) is 0 Å². The quantitative estimate of drug-likeness (QED) is 0.171. The minimum absolute atomic E-state index is 0.859. The Hall–Kier alpha value is -7.42. The van der Waals surface area contributed by atoms with E-state index in [2.05, 4.69) is 217 Å². The van der Waals surface area contributed by atoms with Crippen LogP contribution in [-0.2, 0) is 0 Å². The molecule has 56 heavy (non-hydrogen) atoms. The van der Waals surface area contributed by atoms with Crippen LogP contribution in [0.5, 0.6) is 0 Å². The number of benzene rings is 10. The first-order chi connectivity index (χ1) is 27.8. The molecule has 0 saturated heterocycles. The van der Waals surface area contributed by atoms with Crippen LogP contribution < -0.4 is 4.90 Å². The van der Waals surface area contributed by atoms with Gasteiger partial charge in [-0.05, 0) is 97.2 Å². The molecule has 0 amide bonds. The summed E-state index contributed by atoms with van der Waals surface area (Å²) in [6.45, 7) is 0. The van der Waals surface area contributed by atoms with E-state index in [1.807, 2.05) is 0 Å². The van der Waals surface area contributed by atoms with Gasteiger partial charge in [0.15, 0.2) is 0 Å². The summed E-state index contributed by atoms with van der Waals surface area (Å²) < 4.78 is 6.78.